The zero-order valence-corrected chi connectivity index (χ0v) is 14.2. The summed E-state index contributed by atoms with van der Waals surface area (Å²) in [5.41, 5.74) is 4.42. The van der Waals surface area contributed by atoms with Gasteiger partial charge in [-0.05, 0) is 46.9 Å². The van der Waals surface area contributed by atoms with Crippen molar-refractivity contribution in [2.75, 3.05) is 5.32 Å². The molecule has 0 radical (unpaired) electrons. The summed E-state index contributed by atoms with van der Waals surface area (Å²) in [5.74, 6) is 0.754. The van der Waals surface area contributed by atoms with Crippen LogP contribution in [-0.2, 0) is 0 Å². The second-order valence-corrected chi connectivity index (χ2v) is 6.92. The molecular weight excluding hydrogens is 278 g/mol. The van der Waals surface area contributed by atoms with E-state index in [1.165, 1.54) is 22.5 Å². The van der Waals surface area contributed by atoms with E-state index in [9.17, 15) is 4.79 Å². The Morgan fingerprint density at radius 3 is 2.05 bits per heavy atom. The fraction of sp³-hybridized carbons (Fsp3) is 0.389. The maximum atomic E-state index is 12.5. The molecule has 0 aliphatic rings. The molecule has 2 nitrogen and oxygen atoms in total. The fourth-order valence-electron chi connectivity index (χ4n) is 2.47. The highest BCUT2D eigenvalue weighted by Crippen LogP contribution is 2.33. The average molecular weight is 301 g/mol. The second-order valence-electron chi connectivity index (χ2n) is 6.01. The number of aryl methyl sites for hydroxylation is 1. The van der Waals surface area contributed by atoms with Crippen LogP contribution in [0.3, 0.4) is 0 Å². The largest absolute Gasteiger partial charge is 0.321 e. The number of rotatable bonds is 4. The number of anilines is 1. The van der Waals surface area contributed by atoms with Gasteiger partial charge in [-0.15, -0.1) is 11.3 Å². The molecule has 112 valence electrons. The summed E-state index contributed by atoms with van der Waals surface area (Å²) in [5, 5.41) is 5.12. The molecule has 21 heavy (non-hydrogen) atoms. The van der Waals surface area contributed by atoms with Crippen molar-refractivity contribution in [2.45, 2.75) is 46.5 Å². The lowest BCUT2D eigenvalue weighted by molar-refractivity contribution is 0.103. The van der Waals surface area contributed by atoms with Crippen LogP contribution in [0.4, 0.5) is 5.69 Å². The Kier molecular flexibility index (Phi) is 4.84. The Morgan fingerprint density at radius 1 is 1.05 bits per heavy atom. The molecule has 3 heteroatoms. The van der Waals surface area contributed by atoms with Crippen LogP contribution in [0, 0.1) is 6.92 Å². The van der Waals surface area contributed by atoms with Crippen molar-refractivity contribution in [1.29, 1.82) is 0 Å². The minimum atomic E-state index is -0.00231. The Morgan fingerprint density at radius 2 is 1.62 bits per heavy atom. The molecule has 2 aromatic rings. The minimum Gasteiger partial charge on any atom is -0.321 e. The van der Waals surface area contributed by atoms with Crippen molar-refractivity contribution in [3.63, 3.8) is 0 Å². The van der Waals surface area contributed by atoms with Crippen LogP contribution in [0.1, 0.15) is 65.9 Å². The van der Waals surface area contributed by atoms with E-state index < -0.39 is 0 Å². The number of hydrogen-bond donors (Lipinski definition) is 1. The standard InChI is InChI=1S/C18H23NOS/c1-11(2)14-7-6-8-15(12(3)4)16(14)19-18(20)17-13(5)9-10-21-17/h6-12H,1-5H3,(H,19,20). The SMILES string of the molecule is Cc1ccsc1C(=O)Nc1c(C(C)C)cccc1C(C)C. The summed E-state index contributed by atoms with van der Waals surface area (Å²) < 4.78 is 0. The summed E-state index contributed by atoms with van der Waals surface area (Å²) in [4.78, 5) is 13.3. The predicted molar refractivity (Wildman–Crippen MR) is 91.6 cm³/mol. The van der Waals surface area contributed by atoms with E-state index in [1.807, 2.05) is 18.4 Å². The van der Waals surface area contributed by atoms with Crippen LogP contribution in [-0.4, -0.2) is 5.91 Å². The number of carbonyl (C=O) groups is 1. The number of benzene rings is 1. The first kappa shape index (κ1) is 15.8. The van der Waals surface area contributed by atoms with Crippen molar-refractivity contribution in [3.05, 3.63) is 51.2 Å². The zero-order valence-electron chi connectivity index (χ0n) is 13.4. The highest BCUT2D eigenvalue weighted by atomic mass is 32.1. The molecule has 0 fully saturated rings. The number of amides is 1. The fourth-order valence-corrected chi connectivity index (χ4v) is 3.29. The van der Waals surface area contributed by atoms with E-state index >= 15 is 0 Å². The quantitative estimate of drug-likeness (QED) is 0.787. The van der Waals surface area contributed by atoms with E-state index in [0.29, 0.717) is 11.8 Å². The van der Waals surface area contributed by atoms with Crippen LogP contribution in [0.2, 0.25) is 0 Å². The Hall–Kier alpha value is -1.61. The third-order valence-electron chi connectivity index (χ3n) is 3.68. The number of nitrogens with one attached hydrogen (secondary N) is 1. The minimum absolute atomic E-state index is 0.00231. The molecular formula is C18H23NOS. The Labute approximate surface area is 131 Å². The van der Waals surface area contributed by atoms with Gasteiger partial charge in [-0.1, -0.05) is 45.9 Å². The maximum Gasteiger partial charge on any atom is 0.266 e. The topological polar surface area (TPSA) is 29.1 Å². The predicted octanol–water partition coefficient (Wildman–Crippen LogP) is 5.56. The third-order valence-corrected chi connectivity index (χ3v) is 4.70. The first-order chi connectivity index (χ1) is 9.91. The molecule has 1 amide bonds. The first-order valence-corrected chi connectivity index (χ1v) is 8.28. The Bertz CT molecular complexity index is 614. The molecule has 1 aromatic carbocycles. The van der Waals surface area contributed by atoms with Gasteiger partial charge >= 0.3 is 0 Å². The molecule has 2 rings (SSSR count). The van der Waals surface area contributed by atoms with Gasteiger partial charge in [-0.2, -0.15) is 0 Å². The summed E-state index contributed by atoms with van der Waals surface area (Å²) in [6, 6.07) is 8.27. The van der Waals surface area contributed by atoms with Gasteiger partial charge in [-0.25, -0.2) is 0 Å². The van der Waals surface area contributed by atoms with Crippen LogP contribution in [0.25, 0.3) is 0 Å². The summed E-state index contributed by atoms with van der Waals surface area (Å²) in [6.07, 6.45) is 0. The molecule has 0 bridgehead atoms. The van der Waals surface area contributed by atoms with Crippen molar-refractivity contribution in [1.82, 2.24) is 0 Å². The van der Waals surface area contributed by atoms with Crippen molar-refractivity contribution in [2.24, 2.45) is 0 Å². The van der Waals surface area contributed by atoms with Crippen LogP contribution in [0.5, 0.6) is 0 Å². The highest BCUT2D eigenvalue weighted by Gasteiger charge is 2.18. The molecule has 1 heterocycles. The van der Waals surface area contributed by atoms with Crippen LogP contribution >= 0.6 is 11.3 Å². The summed E-state index contributed by atoms with van der Waals surface area (Å²) in [7, 11) is 0. The molecule has 0 saturated heterocycles. The van der Waals surface area contributed by atoms with Gasteiger partial charge in [0.25, 0.3) is 5.91 Å². The number of hydrogen-bond acceptors (Lipinski definition) is 2. The van der Waals surface area contributed by atoms with E-state index in [-0.39, 0.29) is 5.91 Å². The molecule has 0 saturated carbocycles. The van der Waals surface area contributed by atoms with Gasteiger partial charge in [0.1, 0.15) is 0 Å². The van der Waals surface area contributed by atoms with Crippen molar-refractivity contribution in [3.8, 4) is 0 Å². The highest BCUT2D eigenvalue weighted by molar-refractivity contribution is 7.12. The number of carbonyl (C=O) groups excluding carboxylic acids is 1. The van der Waals surface area contributed by atoms with E-state index in [0.717, 1.165) is 16.1 Å². The number of thiophene rings is 1. The molecule has 0 spiro atoms. The molecule has 1 aromatic heterocycles. The van der Waals surface area contributed by atoms with Gasteiger partial charge in [0.2, 0.25) is 0 Å². The lowest BCUT2D eigenvalue weighted by Crippen LogP contribution is -2.15. The maximum absolute atomic E-state index is 12.5. The molecule has 0 aliphatic carbocycles. The van der Waals surface area contributed by atoms with Gasteiger partial charge in [0.05, 0.1) is 4.88 Å². The normalized spacial score (nSPS) is 11.2. The van der Waals surface area contributed by atoms with Gasteiger partial charge < -0.3 is 5.32 Å². The lowest BCUT2D eigenvalue weighted by Gasteiger charge is -2.20. The first-order valence-electron chi connectivity index (χ1n) is 7.40. The van der Waals surface area contributed by atoms with E-state index in [2.05, 4.69) is 51.2 Å². The van der Waals surface area contributed by atoms with Crippen LogP contribution < -0.4 is 5.32 Å². The van der Waals surface area contributed by atoms with Crippen molar-refractivity contribution >= 4 is 22.9 Å². The van der Waals surface area contributed by atoms with Crippen LogP contribution in [0.15, 0.2) is 29.6 Å². The third kappa shape index (κ3) is 3.35. The molecule has 1 N–H and O–H groups in total. The van der Waals surface area contributed by atoms with E-state index in [1.54, 1.807) is 0 Å². The molecule has 0 aliphatic heterocycles. The lowest BCUT2D eigenvalue weighted by atomic mass is 9.92. The summed E-state index contributed by atoms with van der Waals surface area (Å²) in [6.45, 7) is 10.6. The number of para-hydroxylation sites is 1. The smallest absolute Gasteiger partial charge is 0.266 e. The molecule has 0 unspecified atom stereocenters. The van der Waals surface area contributed by atoms with E-state index in [4.69, 9.17) is 0 Å². The average Bonchev–Trinajstić information content (AvgIpc) is 2.84. The second kappa shape index (κ2) is 6.44. The Balaban J connectivity index is 2.42. The van der Waals surface area contributed by atoms with Gasteiger partial charge in [-0.3, -0.25) is 4.79 Å². The van der Waals surface area contributed by atoms with Gasteiger partial charge in [0, 0.05) is 5.69 Å². The van der Waals surface area contributed by atoms with Gasteiger partial charge in [0.15, 0.2) is 0 Å². The monoisotopic (exact) mass is 301 g/mol. The molecule has 0 atom stereocenters. The summed E-state index contributed by atoms with van der Waals surface area (Å²) >= 11 is 1.49. The van der Waals surface area contributed by atoms with Crippen molar-refractivity contribution < 1.29 is 4.79 Å². The zero-order chi connectivity index (χ0) is 15.6.